The fourth-order valence-corrected chi connectivity index (χ4v) is 7.99. The lowest BCUT2D eigenvalue weighted by Crippen LogP contribution is -2.51. The van der Waals surface area contributed by atoms with Crippen LogP contribution in [0.15, 0.2) is 30.3 Å². The predicted octanol–water partition coefficient (Wildman–Crippen LogP) is 4.71. The summed E-state index contributed by atoms with van der Waals surface area (Å²) in [7, 11) is -2.98. The number of benzene rings is 1. The van der Waals surface area contributed by atoms with Gasteiger partial charge in [0.1, 0.15) is 30.6 Å². The van der Waals surface area contributed by atoms with Crippen LogP contribution in [0.5, 0.6) is 0 Å². The Labute approximate surface area is 288 Å². The second kappa shape index (κ2) is 20.3. The van der Waals surface area contributed by atoms with Crippen LogP contribution >= 0.6 is 7.60 Å². The summed E-state index contributed by atoms with van der Waals surface area (Å²) in [6.07, 6.45) is 5.08. The predicted molar refractivity (Wildman–Crippen MR) is 181 cm³/mol. The van der Waals surface area contributed by atoms with E-state index in [2.05, 4.69) is 16.0 Å². The van der Waals surface area contributed by atoms with Gasteiger partial charge in [0.25, 0.3) is 5.91 Å². The monoisotopic (exact) mass is 708 g/mol. The van der Waals surface area contributed by atoms with Gasteiger partial charge in [-0.1, -0.05) is 62.9 Å². The summed E-state index contributed by atoms with van der Waals surface area (Å²) in [6, 6.07) is 7.36. The van der Waals surface area contributed by atoms with Crippen molar-refractivity contribution in [3.05, 3.63) is 35.9 Å². The van der Waals surface area contributed by atoms with Gasteiger partial charge in [0.15, 0.2) is 0 Å². The Morgan fingerprint density at radius 2 is 1.69 bits per heavy atom. The highest BCUT2D eigenvalue weighted by molar-refractivity contribution is 7.54. The molecule has 2 unspecified atom stereocenters. The maximum absolute atomic E-state index is 14.1. The number of carboxylic acid groups (broad SMARTS) is 1. The highest BCUT2D eigenvalue weighted by Crippen LogP contribution is 2.54. The minimum absolute atomic E-state index is 0.143. The van der Waals surface area contributed by atoms with E-state index in [1.54, 1.807) is 0 Å². The van der Waals surface area contributed by atoms with Crippen molar-refractivity contribution < 1.29 is 47.4 Å². The third-order valence-electron chi connectivity index (χ3n) is 9.01. The Morgan fingerprint density at radius 3 is 2.35 bits per heavy atom. The van der Waals surface area contributed by atoms with Crippen molar-refractivity contribution in [3.63, 3.8) is 0 Å². The number of alkyl carbamates (subject to hydrolysis) is 1. The molecular weight excluding hydrogens is 655 g/mol. The molecule has 0 spiro atoms. The van der Waals surface area contributed by atoms with E-state index in [9.17, 15) is 33.6 Å². The Balaban J connectivity index is 1.64. The average molecular weight is 709 g/mol. The topological polar surface area (TPSA) is 190 Å². The molecule has 15 heteroatoms. The molecule has 1 aliphatic carbocycles. The van der Waals surface area contributed by atoms with Crippen molar-refractivity contribution in [2.75, 3.05) is 20.2 Å². The van der Waals surface area contributed by atoms with Crippen LogP contribution in [0.2, 0.25) is 0 Å². The molecule has 1 saturated carbocycles. The standard InChI is InChI=1S/C34H53N4O10P/c1-4-5-20-29(49(45,46-3)48-24(2)32(41)38-22-13-19-28(38)33(42)43)37-31(40)27(36-30(39)26-16-9-10-17-26)18-11-12-21-35-34(44)47-23-25-14-7-6-8-15-25/h6-8,14-15,24,26-29H,4-5,9-13,16-23H2,1-3H3,(H,35,44)(H,36,39)(H,37,40)(H,42,43)/t24-,27-,28-,29?,49?/m0/s1. The second-order valence-corrected chi connectivity index (χ2v) is 15.0. The second-order valence-electron chi connectivity index (χ2n) is 12.7. The van der Waals surface area contributed by atoms with Gasteiger partial charge in [-0.3, -0.25) is 23.5 Å². The van der Waals surface area contributed by atoms with Gasteiger partial charge >= 0.3 is 19.7 Å². The molecular formula is C34H53N4O10P. The zero-order valence-electron chi connectivity index (χ0n) is 28.9. The molecule has 0 aromatic heterocycles. The molecule has 4 N–H and O–H groups in total. The maximum atomic E-state index is 14.1. The third-order valence-corrected chi connectivity index (χ3v) is 11.3. The summed E-state index contributed by atoms with van der Waals surface area (Å²) in [6.45, 7) is 4.00. The van der Waals surface area contributed by atoms with Gasteiger partial charge in [-0.25, -0.2) is 9.59 Å². The van der Waals surface area contributed by atoms with Gasteiger partial charge in [-0.05, 0) is 63.9 Å². The summed E-state index contributed by atoms with van der Waals surface area (Å²) in [5.74, 6) is -3.83. The summed E-state index contributed by atoms with van der Waals surface area (Å²) < 4.78 is 30.5. The largest absolute Gasteiger partial charge is 0.480 e. The minimum Gasteiger partial charge on any atom is -0.480 e. The number of rotatable bonds is 20. The Kier molecular flexibility index (Phi) is 16.5. The van der Waals surface area contributed by atoms with Crippen molar-refractivity contribution in [3.8, 4) is 0 Å². The number of unbranched alkanes of at least 4 members (excludes halogenated alkanes) is 2. The van der Waals surface area contributed by atoms with Crippen LogP contribution < -0.4 is 16.0 Å². The number of carbonyl (C=O) groups excluding carboxylic acids is 4. The number of hydrogen-bond acceptors (Lipinski definition) is 9. The fourth-order valence-electron chi connectivity index (χ4n) is 6.19. The number of likely N-dealkylation sites (tertiary alicyclic amines) is 1. The van der Waals surface area contributed by atoms with E-state index in [1.165, 1.54) is 18.9 Å². The molecule has 0 radical (unpaired) electrons. The van der Waals surface area contributed by atoms with Gasteiger partial charge in [-0.15, -0.1) is 0 Å². The van der Waals surface area contributed by atoms with Gasteiger partial charge in [0, 0.05) is 26.1 Å². The van der Waals surface area contributed by atoms with Gasteiger partial charge in [0.05, 0.1) is 0 Å². The van der Waals surface area contributed by atoms with Crippen LogP contribution in [0, 0.1) is 5.92 Å². The molecule has 1 heterocycles. The van der Waals surface area contributed by atoms with E-state index in [-0.39, 0.29) is 37.8 Å². The van der Waals surface area contributed by atoms with Crippen molar-refractivity contribution in [1.82, 2.24) is 20.9 Å². The van der Waals surface area contributed by atoms with E-state index in [4.69, 9.17) is 13.8 Å². The molecule has 1 aliphatic heterocycles. The Hall–Kier alpha value is -3.48. The van der Waals surface area contributed by atoms with Gasteiger partial charge in [0.2, 0.25) is 11.8 Å². The molecule has 274 valence electrons. The normalized spacial score (nSPS) is 19.3. The van der Waals surface area contributed by atoms with Crippen LogP contribution in [0.4, 0.5) is 4.79 Å². The molecule has 2 aliphatic rings. The number of nitrogens with one attached hydrogen (secondary N) is 3. The lowest BCUT2D eigenvalue weighted by Gasteiger charge is -2.31. The third kappa shape index (κ3) is 12.4. The first kappa shape index (κ1) is 40.0. The summed E-state index contributed by atoms with van der Waals surface area (Å²) in [5, 5.41) is 17.9. The lowest BCUT2D eigenvalue weighted by molar-refractivity contribution is -0.151. The fraction of sp³-hybridized carbons (Fsp3) is 0.676. The Morgan fingerprint density at radius 1 is 0.980 bits per heavy atom. The van der Waals surface area contributed by atoms with E-state index < -0.39 is 55.4 Å². The molecule has 1 aromatic rings. The molecule has 1 aromatic carbocycles. The number of aliphatic carboxylic acids is 1. The molecule has 3 rings (SSSR count). The zero-order chi connectivity index (χ0) is 35.8. The number of amides is 4. The van der Waals surface area contributed by atoms with E-state index in [1.807, 2.05) is 37.3 Å². The summed E-state index contributed by atoms with van der Waals surface area (Å²) >= 11 is 0. The average Bonchev–Trinajstić information content (AvgIpc) is 3.82. The number of nitrogens with zero attached hydrogens (tertiary/aromatic N) is 1. The number of carboxylic acids is 1. The minimum atomic E-state index is -4.16. The van der Waals surface area contributed by atoms with Crippen LogP contribution in [-0.2, 0) is 44.1 Å². The summed E-state index contributed by atoms with van der Waals surface area (Å²) in [5.41, 5.74) is 0.865. The van der Waals surface area contributed by atoms with Crippen molar-refractivity contribution in [2.45, 2.75) is 121 Å². The van der Waals surface area contributed by atoms with Crippen LogP contribution in [0.3, 0.4) is 0 Å². The van der Waals surface area contributed by atoms with E-state index in [0.29, 0.717) is 45.1 Å². The molecule has 1 saturated heterocycles. The molecule has 5 atom stereocenters. The van der Waals surface area contributed by atoms with Crippen molar-refractivity contribution in [1.29, 1.82) is 0 Å². The van der Waals surface area contributed by atoms with Crippen molar-refractivity contribution in [2.24, 2.45) is 5.92 Å². The highest BCUT2D eigenvalue weighted by Gasteiger charge is 2.43. The first-order valence-electron chi connectivity index (χ1n) is 17.4. The van der Waals surface area contributed by atoms with Crippen LogP contribution in [-0.4, -0.2) is 84.0 Å². The van der Waals surface area contributed by atoms with Crippen LogP contribution in [0.25, 0.3) is 0 Å². The highest BCUT2D eigenvalue weighted by atomic mass is 31.2. The first-order valence-corrected chi connectivity index (χ1v) is 19.0. The van der Waals surface area contributed by atoms with Gasteiger partial charge in [-0.2, -0.15) is 0 Å². The summed E-state index contributed by atoms with van der Waals surface area (Å²) in [4.78, 5) is 65.1. The van der Waals surface area contributed by atoms with Crippen LogP contribution in [0.1, 0.15) is 96.5 Å². The number of ether oxygens (including phenoxy) is 1. The smallest absolute Gasteiger partial charge is 0.407 e. The van der Waals surface area contributed by atoms with Gasteiger partial charge < -0.3 is 35.2 Å². The quantitative estimate of drug-likeness (QED) is 0.109. The molecule has 4 amide bonds. The molecule has 0 bridgehead atoms. The Bertz CT molecular complexity index is 1290. The number of carbonyl (C=O) groups is 5. The lowest BCUT2D eigenvalue weighted by atomic mass is 10.0. The number of hydrogen-bond donors (Lipinski definition) is 4. The molecule has 14 nitrogen and oxygen atoms in total. The molecule has 2 fully saturated rings. The van der Waals surface area contributed by atoms with Crippen molar-refractivity contribution >= 4 is 37.4 Å². The zero-order valence-corrected chi connectivity index (χ0v) is 29.8. The first-order chi connectivity index (χ1) is 23.5. The maximum Gasteiger partial charge on any atom is 0.407 e. The van der Waals surface area contributed by atoms with E-state index >= 15 is 0 Å². The SMILES string of the molecule is CCCCC(NC(=O)[C@H](CCCCNC(=O)OCc1ccccc1)NC(=O)C1CCCC1)P(=O)(OC)O[C@@H](C)C(=O)N1CCC[C@H]1C(=O)O. The van der Waals surface area contributed by atoms with E-state index in [0.717, 1.165) is 31.2 Å². The molecule has 49 heavy (non-hydrogen) atoms.